The number of esters is 1. The van der Waals surface area contributed by atoms with E-state index in [1.807, 2.05) is 0 Å². The fourth-order valence-electron chi connectivity index (χ4n) is 2.03. The quantitative estimate of drug-likeness (QED) is 0.441. The first kappa shape index (κ1) is 18.7. The standard InChI is InChI=1S/C17H22N2O6/c1-17(2,19-16(22)25-15(21)13-10-24-13)9-8-14(20)18-11-4-6-12(23-3)7-5-11/h4-7,13H,8-10H2,1-3H3,(H,18,20)(H,19,22). The highest BCUT2D eigenvalue weighted by molar-refractivity contribution is 5.91. The van der Waals surface area contributed by atoms with Gasteiger partial charge in [-0.15, -0.1) is 0 Å². The molecule has 0 bridgehead atoms. The van der Waals surface area contributed by atoms with Gasteiger partial charge in [0.15, 0.2) is 6.10 Å². The number of hydrogen-bond acceptors (Lipinski definition) is 6. The van der Waals surface area contributed by atoms with Gasteiger partial charge in [-0.1, -0.05) is 0 Å². The number of amides is 2. The van der Waals surface area contributed by atoms with Crippen molar-refractivity contribution in [1.82, 2.24) is 5.32 Å². The highest BCUT2D eigenvalue weighted by Crippen LogP contribution is 2.17. The lowest BCUT2D eigenvalue weighted by atomic mass is 9.98. The number of ether oxygens (including phenoxy) is 3. The molecular formula is C17H22N2O6. The van der Waals surface area contributed by atoms with E-state index in [-0.39, 0.29) is 18.9 Å². The number of benzene rings is 1. The van der Waals surface area contributed by atoms with Crippen molar-refractivity contribution >= 4 is 23.7 Å². The van der Waals surface area contributed by atoms with Crippen molar-refractivity contribution in [3.8, 4) is 5.75 Å². The van der Waals surface area contributed by atoms with Gasteiger partial charge in [0.05, 0.1) is 13.7 Å². The van der Waals surface area contributed by atoms with Gasteiger partial charge in [-0.05, 0) is 44.5 Å². The second-order valence-corrected chi connectivity index (χ2v) is 6.32. The lowest BCUT2D eigenvalue weighted by molar-refractivity contribution is -0.138. The molecule has 1 heterocycles. The van der Waals surface area contributed by atoms with E-state index in [4.69, 9.17) is 9.47 Å². The molecule has 1 aromatic carbocycles. The third-order valence-electron chi connectivity index (χ3n) is 3.58. The molecule has 1 aliphatic rings. The summed E-state index contributed by atoms with van der Waals surface area (Å²) < 4.78 is 14.4. The van der Waals surface area contributed by atoms with E-state index in [0.29, 0.717) is 17.9 Å². The van der Waals surface area contributed by atoms with Crippen LogP contribution in [-0.4, -0.2) is 43.3 Å². The molecule has 2 N–H and O–H groups in total. The maximum Gasteiger partial charge on any atom is 0.415 e. The molecule has 0 aromatic heterocycles. The van der Waals surface area contributed by atoms with Crippen LogP contribution in [0.4, 0.5) is 10.5 Å². The molecule has 0 saturated carbocycles. The molecule has 0 radical (unpaired) electrons. The van der Waals surface area contributed by atoms with Crippen LogP contribution in [0.15, 0.2) is 24.3 Å². The summed E-state index contributed by atoms with van der Waals surface area (Å²) >= 11 is 0. The summed E-state index contributed by atoms with van der Waals surface area (Å²) in [6.07, 6.45) is -0.915. The van der Waals surface area contributed by atoms with Gasteiger partial charge in [0.25, 0.3) is 0 Å². The maximum atomic E-state index is 12.0. The van der Waals surface area contributed by atoms with Crippen LogP contribution < -0.4 is 15.4 Å². The molecule has 1 aliphatic heterocycles. The molecule has 1 atom stereocenters. The minimum atomic E-state index is -0.846. The molecule has 2 rings (SSSR count). The molecule has 0 aliphatic carbocycles. The van der Waals surface area contributed by atoms with E-state index in [2.05, 4.69) is 15.4 Å². The smallest absolute Gasteiger partial charge is 0.415 e. The van der Waals surface area contributed by atoms with Gasteiger partial charge < -0.3 is 24.8 Å². The summed E-state index contributed by atoms with van der Waals surface area (Å²) in [5.74, 6) is -0.186. The van der Waals surface area contributed by atoms with Crippen LogP contribution in [0, 0.1) is 0 Å². The number of alkyl carbamates (subject to hydrolysis) is 1. The van der Waals surface area contributed by atoms with Gasteiger partial charge in [0.1, 0.15) is 5.75 Å². The van der Waals surface area contributed by atoms with Gasteiger partial charge in [0, 0.05) is 17.6 Å². The molecule has 25 heavy (non-hydrogen) atoms. The minimum absolute atomic E-state index is 0.184. The normalized spacial score (nSPS) is 15.9. The monoisotopic (exact) mass is 350 g/mol. The predicted octanol–water partition coefficient (Wildman–Crippen LogP) is 1.84. The molecule has 1 aromatic rings. The van der Waals surface area contributed by atoms with Crippen LogP contribution in [0.3, 0.4) is 0 Å². The Kier molecular flexibility index (Phi) is 5.97. The van der Waals surface area contributed by atoms with Crippen LogP contribution in [0.1, 0.15) is 26.7 Å². The molecule has 2 amide bonds. The number of epoxide rings is 1. The molecule has 8 nitrogen and oxygen atoms in total. The zero-order valence-corrected chi connectivity index (χ0v) is 14.5. The Hall–Kier alpha value is -2.61. The molecule has 8 heteroatoms. The Morgan fingerprint density at radius 1 is 1.24 bits per heavy atom. The van der Waals surface area contributed by atoms with E-state index in [1.165, 1.54) is 0 Å². The average Bonchev–Trinajstić information content (AvgIpc) is 3.38. The summed E-state index contributed by atoms with van der Waals surface area (Å²) in [4.78, 5) is 35.0. The lowest BCUT2D eigenvalue weighted by Crippen LogP contribution is -2.45. The first-order valence-electron chi connectivity index (χ1n) is 7.88. The van der Waals surface area contributed by atoms with Crippen LogP contribution in [0.2, 0.25) is 0 Å². The number of hydrogen-bond donors (Lipinski definition) is 2. The Balaban J connectivity index is 1.74. The molecule has 1 fully saturated rings. The van der Waals surface area contributed by atoms with Crippen molar-refractivity contribution in [3.05, 3.63) is 24.3 Å². The van der Waals surface area contributed by atoms with Crippen LogP contribution in [0.25, 0.3) is 0 Å². The molecular weight excluding hydrogens is 328 g/mol. The van der Waals surface area contributed by atoms with E-state index >= 15 is 0 Å². The van der Waals surface area contributed by atoms with E-state index < -0.39 is 23.7 Å². The number of carbonyl (C=O) groups excluding carboxylic acids is 3. The van der Waals surface area contributed by atoms with E-state index in [9.17, 15) is 14.4 Å². The van der Waals surface area contributed by atoms with Gasteiger partial charge in [0.2, 0.25) is 5.91 Å². The van der Waals surface area contributed by atoms with Crippen LogP contribution in [0.5, 0.6) is 5.75 Å². The Labute approximate surface area is 145 Å². The lowest BCUT2D eigenvalue weighted by Gasteiger charge is -2.25. The summed E-state index contributed by atoms with van der Waals surface area (Å²) in [6.45, 7) is 3.76. The second-order valence-electron chi connectivity index (χ2n) is 6.32. The molecule has 136 valence electrons. The van der Waals surface area contributed by atoms with Crippen LogP contribution >= 0.6 is 0 Å². The zero-order valence-electron chi connectivity index (χ0n) is 14.5. The summed E-state index contributed by atoms with van der Waals surface area (Å²) in [7, 11) is 1.57. The average molecular weight is 350 g/mol. The van der Waals surface area contributed by atoms with Crippen molar-refractivity contribution in [2.45, 2.75) is 38.3 Å². The van der Waals surface area contributed by atoms with Crippen LogP contribution in [-0.2, 0) is 19.1 Å². The highest BCUT2D eigenvalue weighted by Gasteiger charge is 2.35. The second kappa shape index (κ2) is 7.98. The maximum absolute atomic E-state index is 12.0. The molecule has 1 saturated heterocycles. The topological polar surface area (TPSA) is 106 Å². The largest absolute Gasteiger partial charge is 0.497 e. The number of rotatable bonds is 7. The number of carbonyl (C=O) groups is 3. The Morgan fingerprint density at radius 2 is 1.88 bits per heavy atom. The summed E-state index contributed by atoms with van der Waals surface area (Å²) in [5.41, 5.74) is -0.0510. The third kappa shape index (κ3) is 6.42. The summed E-state index contributed by atoms with van der Waals surface area (Å²) in [5, 5.41) is 5.34. The molecule has 0 spiro atoms. The van der Waals surface area contributed by atoms with E-state index in [0.717, 1.165) is 0 Å². The predicted molar refractivity (Wildman–Crippen MR) is 89.3 cm³/mol. The first-order chi connectivity index (χ1) is 11.8. The van der Waals surface area contributed by atoms with Gasteiger partial charge in [-0.2, -0.15) is 0 Å². The first-order valence-corrected chi connectivity index (χ1v) is 7.88. The fourth-order valence-corrected chi connectivity index (χ4v) is 2.03. The van der Waals surface area contributed by atoms with Crippen molar-refractivity contribution in [2.24, 2.45) is 0 Å². The van der Waals surface area contributed by atoms with Crippen molar-refractivity contribution in [3.63, 3.8) is 0 Å². The van der Waals surface area contributed by atoms with Gasteiger partial charge in [-0.25, -0.2) is 9.59 Å². The molecule has 1 unspecified atom stereocenters. The van der Waals surface area contributed by atoms with Crippen molar-refractivity contribution in [1.29, 1.82) is 0 Å². The van der Waals surface area contributed by atoms with Crippen molar-refractivity contribution in [2.75, 3.05) is 19.0 Å². The highest BCUT2D eigenvalue weighted by atomic mass is 16.6. The fraction of sp³-hybridized carbons (Fsp3) is 0.471. The Bertz CT molecular complexity index is 637. The van der Waals surface area contributed by atoms with E-state index in [1.54, 1.807) is 45.2 Å². The Morgan fingerprint density at radius 3 is 2.44 bits per heavy atom. The number of nitrogens with one attached hydrogen (secondary N) is 2. The van der Waals surface area contributed by atoms with Crippen molar-refractivity contribution < 1.29 is 28.6 Å². The third-order valence-corrected chi connectivity index (χ3v) is 3.58. The minimum Gasteiger partial charge on any atom is -0.497 e. The summed E-state index contributed by atoms with van der Waals surface area (Å²) in [6, 6.07) is 6.97. The van der Waals surface area contributed by atoms with Gasteiger partial charge in [-0.3, -0.25) is 4.79 Å². The number of methoxy groups -OCH3 is 1. The number of anilines is 1. The van der Waals surface area contributed by atoms with Gasteiger partial charge >= 0.3 is 12.1 Å². The zero-order chi connectivity index (χ0) is 18.4. The SMILES string of the molecule is COc1ccc(NC(=O)CCC(C)(C)NC(=O)OC(=O)C2CO2)cc1.